The van der Waals surface area contributed by atoms with Gasteiger partial charge in [-0.1, -0.05) is 24.3 Å². The number of hydrogen-bond acceptors (Lipinski definition) is 3. The van der Waals surface area contributed by atoms with Crippen molar-refractivity contribution in [1.29, 1.82) is 0 Å². The van der Waals surface area contributed by atoms with E-state index in [0.29, 0.717) is 32.6 Å². The Morgan fingerprint density at radius 3 is 2.39 bits per heavy atom. The van der Waals surface area contributed by atoms with Crippen LogP contribution in [0.2, 0.25) is 0 Å². The highest BCUT2D eigenvalue weighted by Crippen LogP contribution is 2.46. The number of ether oxygens (including phenoxy) is 1. The molecule has 2 aliphatic rings. The van der Waals surface area contributed by atoms with E-state index in [0.717, 1.165) is 12.8 Å². The summed E-state index contributed by atoms with van der Waals surface area (Å²) in [5.74, 6) is -1.35. The van der Waals surface area contributed by atoms with Crippen molar-refractivity contribution in [3.05, 3.63) is 35.4 Å². The van der Waals surface area contributed by atoms with Crippen LogP contribution in [0.5, 0.6) is 0 Å². The summed E-state index contributed by atoms with van der Waals surface area (Å²) in [5, 5.41) is 12.2. The quantitative estimate of drug-likeness (QED) is 0.815. The minimum Gasteiger partial charge on any atom is -0.480 e. The first-order valence-corrected chi connectivity index (χ1v) is 8.16. The molecule has 1 amide bonds. The third-order valence-corrected chi connectivity index (χ3v) is 5.35. The summed E-state index contributed by atoms with van der Waals surface area (Å²) in [4.78, 5) is 23.6. The number of benzene rings is 1. The molecule has 5 nitrogen and oxygen atoms in total. The van der Waals surface area contributed by atoms with Crippen LogP contribution < -0.4 is 5.32 Å². The van der Waals surface area contributed by atoms with Gasteiger partial charge in [-0.05, 0) is 43.7 Å². The molecule has 1 saturated carbocycles. The lowest BCUT2D eigenvalue weighted by molar-refractivity contribution is -0.149. The fourth-order valence-electron chi connectivity index (χ4n) is 3.55. The molecule has 1 heterocycles. The Balaban J connectivity index is 1.79. The van der Waals surface area contributed by atoms with Gasteiger partial charge in [0.05, 0.1) is 0 Å². The maximum atomic E-state index is 12.3. The molecule has 1 aliphatic heterocycles. The Bertz CT molecular complexity index is 615. The van der Waals surface area contributed by atoms with E-state index in [1.54, 1.807) is 0 Å². The number of carbonyl (C=O) groups is 2. The summed E-state index contributed by atoms with van der Waals surface area (Å²) in [6, 6.07) is 8.21. The molecular formula is C18H23NO4. The van der Waals surface area contributed by atoms with Crippen LogP contribution in [0.25, 0.3) is 0 Å². The molecule has 23 heavy (non-hydrogen) atoms. The fraction of sp³-hybridized carbons (Fsp3) is 0.556. The summed E-state index contributed by atoms with van der Waals surface area (Å²) >= 11 is 0. The number of carboxylic acids is 1. The SMILES string of the molecule is Cc1ccccc1C1(CNC(=O)C2(C(=O)O)CC2)CCOCC1. The first kappa shape index (κ1) is 16.0. The van der Waals surface area contributed by atoms with Gasteiger partial charge in [0.25, 0.3) is 0 Å². The van der Waals surface area contributed by atoms with E-state index in [9.17, 15) is 14.7 Å². The van der Waals surface area contributed by atoms with Gasteiger partial charge in [0, 0.05) is 25.2 Å². The lowest BCUT2D eigenvalue weighted by Crippen LogP contribution is -2.47. The lowest BCUT2D eigenvalue weighted by Gasteiger charge is -2.39. The van der Waals surface area contributed by atoms with Crippen LogP contribution in [0.4, 0.5) is 0 Å². The predicted molar refractivity (Wildman–Crippen MR) is 85.2 cm³/mol. The molecule has 0 unspecified atom stereocenters. The molecule has 5 heteroatoms. The van der Waals surface area contributed by atoms with E-state index in [-0.39, 0.29) is 11.3 Å². The highest BCUT2D eigenvalue weighted by Gasteiger charge is 2.57. The fourth-order valence-corrected chi connectivity index (χ4v) is 3.55. The number of nitrogens with one attached hydrogen (secondary N) is 1. The third-order valence-electron chi connectivity index (χ3n) is 5.35. The van der Waals surface area contributed by atoms with Crippen molar-refractivity contribution < 1.29 is 19.4 Å². The molecule has 1 aromatic rings. The first-order chi connectivity index (χ1) is 11.0. The molecule has 124 valence electrons. The maximum Gasteiger partial charge on any atom is 0.319 e. The Kier molecular flexibility index (Phi) is 4.15. The molecule has 3 rings (SSSR count). The molecule has 0 radical (unpaired) electrons. The van der Waals surface area contributed by atoms with E-state index in [2.05, 4.69) is 24.4 Å². The summed E-state index contributed by atoms with van der Waals surface area (Å²) in [7, 11) is 0. The van der Waals surface area contributed by atoms with Gasteiger partial charge in [-0.3, -0.25) is 9.59 Å². The normalized spacial score (nSPS) is 21.4. The largest absolute Gasteiger partial charge is 0.480 e. The van der Waals surface area contributed by atoms with E-state index < -0.39 is 11.4 Å². The Labute approximate surface area is 136 Å². The number of aliphatic carboxylic acids is 1. The summed E-state index contributed by atoms with van der Waals surface area (Å²) in [6.45, 7) is 3.87. The van der Waals surface area contributed by atoms with Gasteiger partial charge in [-0.25, -0.2) is 0 Å². The van der Waals surface area contributed by atoms with Crippen molar-refractivity contribution in [3.63, 3.8) is 0 Å². The first-order valence-electron chi connectivity index (χ1n) is 8.16. The summed E-state index contributed by atoms with van der Waals surface area (Å²) < 4.78 is 5.50. The van der Waals surface area contributed by atoms with Crippen LogP contribution in [0.3, 0.4) is 0 Å². The summed E-state index contributed by atoms with van der Waals surface area (Å²) in [6.07, 6.45) is 2.54. The zero-order chi connectivity index (χ0) is 16.5. The van der Waals surface area contributed by atoms with Gasteiger partial charge in [-0.15, -0.1) is 0 Å². The van der Waals surface area contributed by atoms with Crippen molar-refractivity contribution in [2.24, 2.45) is 5.41 Å². The van der Waals surface area contributed by atoms with E-state index in [1.165, 1.54) is 11.1 Å². The standard InChI is InChI=1S/C18H23NO4/c1-13-4-2-3-5-14(13)17(8-10-23-11-9-17)12-19-15(20)18(6-7-18)16(21)22/h2-5H,6-12H2,1H3,(H,19,20)(H,21,22). The minimum absolute atomic E-state index is 0.173. The smallest absolute Gasteiger partial charge is 0.319 e. The van der Waals surface area contributed by atoms with Crippen molar-refractivity contribution in [1.82, 2.24) is 5.32 Å². The highest BCUT2D eigenvalue weighted by atomic mass is 16.5. The number of aryl methyl sites for hydroxylation is 1. The van der Waals surface area contributed by atoms with Crippen molar-refractivity contribution in [2.45, 2.75) is 38.0 Å². The van der Waals surface area contributed by atoms with Gasteiger partial charge in [0.1, 0.15) is 5.41 Å². The molecule has 1 aliphatic carbocycles. The van der Waals surface area contributed by atoms with Crippen LogP contribution in [0.15, 0.2) is 24.3 Å². The second-order valence-corrected chi connectivity index (χ2v) is 6.78. The average Bonchev–Trinajstić information content (AvgIpc) is 3.36. The summed E-state index contributed by atoms with van der Waals surface area (Å²) in [5.41, 5.74) is 1.07. The van der Waals surface area contributed by atoms with Crippen molar-refractivity contribution in [2.75, 3.05) is 19.8 Å². The Morgan fingerprint density at radius 1 is 1.17 bits per heavy atom. The Morgan fingerprint density at radius 2 is 1.83 bits per heavy atom. The predicted octanol–water partition coefficient (Wildman–Crippen LogP) is 2.02. The molecular weight excluding hydrogens is 294 g/mol. The molecule has 0 atom stereocenters. The number of amides is 1. The second kappa shape index (κ2) is 5.96. The molecule has 2 N–H and O–H groups in total. The van der Waals surface area contributed by atoms with E-state index in [1.807, 2.05) is 12.1 Å². The van der Waals surface area contributed by atoms with Gasteiger partial charge < -0.3 is 15.2 Å². The van der Waals surface area contributed by atoms with Gasteiger partial charge in [-0.2, -0.15) is 0 Å². The maximum absolute atomic E-state index is 12.3. The number of hydrogen-bond donors (Lipinski definition) is 2. The van der Waals surface area contributed by atoms with E-state index >= 15 is 0 Å². The molecule has 2 fully saturated rings. The van der Waals surface area contributed by atoms with Crippen LogP contribution in [-0.4, -0.2) is 36.7 Å². The molecule has 1 saturated heterocycles. The molecule has 0 spiro atoms. The van der Waals surface area contributed by atoms with Crippen LogP contribution >= 0.6 is 0 Å². The van der Waals surface area contributed by atoms with Gasteiger partial charge in [0.15, 0.2) is 0 Å². The number of rotatable bonds is 5. The minimum atomic E-state index is -1.18. The monoisotopic (exact) mass is 317 g/mol. The van der Waals surface area contributed by atoms with Crippen molar-refractivity contribution in [3.8, 4) is 0 Å². The second-order valence-electron chi connectivity index (χ2n) is 6.78. The van der Waals surface area contributed by atoms with Crippen LogP contribution in [0, 0.1) is 12.3 Å². The number of carbonyl (C=O) groups excluding carboxylic acids is 1. The Hall–Kier alpha value is -1.88. The van der Waals surface area contributed by atoms with Gasteiger partial charge in [0.2, 0.25) is 5.91 Å². The zero-order valence-corrected chi connectivity index (χ0v) is 13.4. The average molecular weight is 317 g/mol. The lowest BCUT2D eigenvalue weighted by atomic mass is 9.72. The molecule has 0 aromatic heterocycles. The van der Waals surface area contributed by atoms with E-state index in [4.69, 9.17) is 4.74 Å². The third kappa shape index (κ3) is 2.85. The van der Waals surface area contributed by atoms with Crippen molar-refractivity contribution >= 4 is 11.9 Å². The molecule has 1 aromatic carbocycles. The molecule has 0 bridgehead atoms. The zero-order valence-electron chi connectivity index (χ0n) is 13.4. The van der Waals surface area contributed by atoms with Gasteiger partial charge >= 0.3 is 5.97 Å². The topological polar surface area (TPSA) is 75.6 Å². The highest BCUT2D eigenvalue weighted by molar-refractivity contribution is 6.04. The van der Waals surface area contributed by atoms with Crippen LogP contribution in [0.1, 0.15) is 36.8 Å². The number of carboxylic acid groups (broad SMARTS) is 1. The van der Waals surface area contributed by atoms with Crippen LogP contribution in [-0.2, 0) is 19.7 Å².